The number of aromatic amines is 1. The van der Waals surface area contributed by atoms with Crippen LogP contribution in [0.2, 0.25) is 0 Å². The second-order valence-electron chi connectivity index (χ2n) is 5.56. The molecule has 3 aromatic rings. The van der Waals surface area contributed by atoms with Crippen molar-refractivity contribution >= 4 is 28.1 Å². The highest BCUT2D eigenvalue weighted by molar-refractivity contribution is 7.10. The second kappa shape index (κ2) is 5.04. The predicted octanol–water partition coefficient (Wildman–Crippen LogP) is 3.06. The monoisotopic (exact) mass is 296 g/mol. The molecule has 1 unspecified atom stereocenters. The maximum Gasteiger partial charge on any atom is 0.225 e. The van der Waals surface area contributed by atoms with E-state index in [1.807, 2.05) is 23.6 Å². The van der Waals surface area contributed by atoms with Crippen molar-refractivity contribution in [2.24, 2.45) is 0 Å². The van der Waals surface area contributed by atoms with Gasteiger partial charge in [-0.05, 0) is 29.5 Å². The highest BCUT2D eigenvalue weighted by Crippen LogP contribution is 2.29. The van der Waals surface area contributed by atoms with Gasteiger partial charge in [-0.1, -0.05) is 24.3 Å². The fraction of sp³-hybridized carbons (Fsp3) is 0.235. The number of rotatable bonds is 3. The van der Waals surface area contributed by atoms with E-state index in [1.54, 1.807) is 11.3 Å². The summed E-state index contributed by atoms with van der Waals surface area (Å²) < 4.78 is 0. The summed E-state index contributed by atoms with van der Waals surface area (Å²) in [5, 5.41) is 6.47. The van der Waals surface area contributed by atoms with Crippen LogP contribution in [0.15, 0.2) is 41.8 Å². The van der Waals surface area contributed by atoms with Gasteiger partial charge in [0.2, 0.25) is 5.91 Å². The highest BCUT2D eigenvalue weighted by Gasteiger charge is 2.26. The lowest BCUT2D eigenvalue weighted by atomic mass is 10.1. The number of nitrogens with one attached hydrogen (secondary N) is 2. The Morgan fingerprint density at radius 2 is 2.14 bits per heavy atom. The van der Waals surface area contributed by atoms with E-state index in [0.29, 0.717) is 6.42 Å². The summed E-state index contributed by atoms with van der Waals surface area (Å²) in [5.41, 5.74) is 3.84. The molecule has 2 heterocycles. The number of carbonyl (C=O) groups is 1. The van der Waals surface area contributed by atoms with E-state index in [1.165, 1.54) is 22.2 Å². The Kier molecular flexibility index (Phi) is 3.04. The standard InChI is InChI=1S/C17H16N2OS/c20-17(10-12-4-3-7-21-12)18-11-8-14-13-5-1-2-6-15(13)19-16(14)9-11/h1-7,11,19H,8-10H2,(H,18,20). The molecule has 1 aliphatic carbocycles. The highest BCUT2D eigenvalue weighted by atomic mass is 32.1. The normalized spacial score (nSPS) is 17.0. The molecule has 0 aliphatic heterocycles. The SMILES string of the molecule is O=C(Cc1cccs1)NC1Cc2[nH]c3ccccc3c2C1. The summed E-state index contributed by atoms with van der Waals surface area (Å²) in [7, 11) is 0. The molecule has 0 saturated heterocycles. The molecule has 1 amide bonds. The van der Waals surface area contributed by atoms with Gasteiger partial charge in [-0.2, -0.15) is 0 Å². The molecular formula is C17H16N2OS. The largest absolute Gasteiger partial charge is 0.358 e. The van der Waals surface area contributed by atoms with E-state index in [2.05, 4.69) is 28.5 Å². The number of carbonyl (C=O) groups excluding carboxylic acids is 1. The molecule has 0 bridgehead atoms. The first kappa shape index (κ1) is 12.7. The molecule has 1 atom stereocenters. The minimum Gasteiger partial charge on any atom is -0.358 e. The summed E-state index contributed by atoms with van der Waals surface area (Å²) in [6.45, 7) is 0. The molecular weight excluding hydrogens is 280 g/mol. The molecule has 106 valence electrons. The minimum absolute atomic E-state index is 0.122. The van der Waals surface area contributed by atoms with E-state index in [9.17, 15) is 4.79 Å². The molecule has 0 spiro atoms. The van der Waals surface area contributed by atoms with Crippen LogP contribution in [-0.2, 0) is 24.1 Å². The molecule has 4 rings (SSSR count). The number of thiophene rings is 1. The van der Waals surface area contributed by atoms with Crippen molar-refractivity contribution in [1.29, 1.82) is 0 Å². The molecule has 21 heavy (non-hydrogen) atoms. The number of fused-ring (bicyclic) bond motifs is 3. The van der Waals surface area contributed by atoms with Gasteiger partial charge >= 0.3 is 0 Å². The zero-order chi connectivity index (χ0) is 14.2. The molecule has 0 radical (unpaired) electrons. The molecule has 1 aromatic carbocycles. The van der Waals surface area contributed by atoms with Crippen LogP contribution in [0.25, 0.3) is 10.9 Å². The van der Waals surface area contributed by atoms with Crippen molar-refractivity contribution in [3.63, 3.8) is 0 Å². The van der Waals surface area contributed by atoms with E-state index in [0.717, 1.165) is 17.7 Å². The zero-order valence-corrected chi connectivity index (χ0v) is 12.4. The van der Waals surface area contributed by atoms with Crippen molar-refractivity contribution in [2.45, 2.75) is 25.3 Å². The van der Waals surface area contributed by atoms with Gasteiger partial charge in [-0.15, -0.1) is 11.3 Å². The first-order valence-corrected chi connectivity index (χ1v) is 8.08. The van der Waals surface area contributed by atoms with Gasteiger partial charge in [-0.3, -0.25) is 4.79 Å². The van der Waals surface area contributed by atoms with Gasteiger partial charge in [0.15, 0.2) is 0 Å². The van der Waals surface area contributed by atoms with Crippen LogP contribution in [-0.4, -0.2) is 16.9 Å². The third-order valence-electron chi connectivity index (χ3n) is 4.08. The topological polar surface area (TPSA) is 44.9 Å². The van der Waals surface area contributed by atoms with E-state index in [-0.39, 0.29) is 11.9 Å². The van der Waals surface area contributed by atoms with Crippen LogP contribution in [0.1, 0.15) is 16.1 Å². The summed E-state index contributed by atoms with van der Waals surface area (Å²) in [6, 6.07) is 12.6. The van der Waals surface area contributed by atoms with E-state index >= 15 is 0 Å². The van der Waals surface area contributed by atoms with Crippen molar-refractivity contribution < 1.29 is 4.79 Å². The van der Waals surface area contributed by atoms with Gasteiger partial charge in [0, 0.05) is 33.9 Å². The average molecular weight is 296 g/mol. The number of aromatic nitrogens is 1. The van der Waals surface area contributed by atoms with Crippen molar-refractivity contribution in [1.82, 2.24) is 10.3 Å². The van der Waals surface area contributed by atoms with Gasteiger partial charge in [0.25, 0.3) is 0 Å². The molecule has 2 N–H and O–H groups in total. The predicted molar refractivity (Wildman–Crippen MR) is 85.7 cm³/mol. The lowest BCUT2D eigenvalue weighted by Gasteiger charge is -2.12. The number of hydrogen-bond acceptors (Lipinski definition) is 2. The minimum atomic E-state index is 0.122. The molecule has 2 aromatic heterocycles. The van der Waals surface area contributed by atoms with Crippen molar-refractivity contribution in [3.8, 4) is 0 Å². The number of H-pyrrole nitrogens is 1. The van der Waals surface area contributed by atoms with E-state index in [4.69, 9.17) is 0 Å². The summed E-state index contributed by atoms with van der Waals surface area (Å²) in [4.78, 5) is 16.7. The van der Waals surface area contributed by atoms with Gasteiger partial charge in [-0.25, -0.2) is 0 Å². The number of benzene rings is 1. The maximum atomic E-state index is 12.1. The van der Waals surface area contributed by atoms with Gasteiger partial charge < -0.3 is 10.3 Å². The summed E-state index contributed by atoms with van der Waals surface area (Å²) in [5.74, 6) is 0.122. The molecule has 4 heteroatoms. The first-order valence-electron chi connectivity index (χ1n) is 7.20. The van der Waals surface area contributed by atoms with Crippen molar-refractivity contribution in [3.05, 3.63) is 57.9 Å². The van der Waals surface area contributed by atoms with Crippen molar-refractivity contribution in [2.75, 3.05) is 0 Å². The van der Waals surface area contributed by atoms with Crippen LogP contribution in [0, 0.1) is 0 Å². The van der Waals surface area contributed by atoms with Crippen LogP contribution < -0.4 is 5.32 Å². The smallest absolute Gasteiger partial charge is 0.225 e. The Morgan fingerprint density at radius 1 is 1.24 bits per heavy atom. The summed E-state index contributed by atoms with van der Waals surface area (Å²) >= 11 is 1.63. The molecule has 1 aliphatic rings. The van der Waals surface area contributed by atoms with Gasteiger partial charge in [0.05, 0.1) is 6.42 Å². The number of para-hydroxylation sites is 1. The van der Waals surface area contributed by atoms with Gasteiger partial charge in [0.1, 0.15) is 0 Å². The maximum absolute atomic E-state index is 12.1. The number of amides is 1. The lowest BCUT2D eigenvalue weighted by Crippen LogP contribution is -2.36. The average Bonchev–Trinajstić information content (AvgIpc) is 3.14. The third-order valence-corrected chi connectivity index (χ3v) is 4.96. The van der Waals surface area contributed by atoms with Crippen LogP contribution in [0.4, 0.5) is 0 Å². The molecule has 0 fully saturated rings. The fourth-order valence-electron chi connectivity index (χ4n) is 3.18. The Balaban J connectivity index is 1.46. The lowest BCUT2D eigenvalue weighted by molar-refractivity contribution is -0.121. The second-order valence-corrected chi connectivity index (χ2v) is 6.59. The van der Waals surface area contributed by atoms with Crippen LogP contribution in [0.3, 0.4) is 0 Å². The first-order chi connectivity index (χ1) is 10.3. The summed E-state index contributed by atoms with van der Waals surface area (Å²) in [6.07, 6.45) is 2.32. The van der Waals surface area contributed by atoms with Crippen LogP contribution >= 0.6 is 11.3 Å². The third kappa shape index (κ3) is 2.36. The Hall–Kier alpha value is -2.07. The quantitative estimate of drug-likeness (QED) is 0.766. The zero-order valence-electron chi connectivity index (χ0n) is 11.6. The van der Waals surface area contributed by atoms with Crippen LogP contribution in [0.5, 0.6) is 0 Å². The molecule has 3 nitrogen and oxygen atoms in total. The Labute approximate surface area is 127 Å². The molecule has 0 saturated carbocycles. The fourth-order valence-corrected chi connectivity index (χ4v) is 3.88. The Morgan fingerprint density at radius 3 is 3.00 bits per heavy atom. The Bertz CT molecular complexity index is 788. The van der Waals surface area contributed by atoms with E-state index < -0.39 is 0 Å². The number of hydrogen-bond donors (Lipinski definition) is 2.